The van der Waals surface area contributed by atoms with Gasteiger partial charge in [-0.2, -0.15) is 0 Å². The van der Waals surface area contributed by atoms with E-state index < -0.39 is 31.6 Å². The first-order valence-electron chi connectivity index (χ1n) is 7.43. The van der Waals surface area contributed by atoms with Crippen molar-refractivity contribution in [1.29, 1.82) is 0 Å². The van der Waals surface area contributed by atoms with Gasteiger partial charge in [-0.3, -0.25) is 14.2 Å². The fourth-order valence-electron chi connectivity index (χ4n) is 2.10. The number of hydrogen-bond donors (Lipinski definition) is 3. The number of ether oxygens (including phenoxy) is 1. The van der Waals surface area contributed by atoms with Crippen LogP contribution in [0.5, 0.6) is 0 Å². The molecule has 0 bridgehead atoms. The van der Waals surface area contributed by atoms with Gasteiger partial charge in [0.15, 0.2) is 0 Å². The third-order valence-corrected chi connectivity index (χ3v) is 4.33. The Kier molecular flexibility index (Phi) is 8.42. The van der Waals surface area contributed by atoms with Crippen molar-refractivity contribution in [3.05, 3.63) is 34.9 Å². The molecule has 0 spiro atoms. The minimum atomic E-state index is -4.36. The van der Waals surface area contributed by atoms with Crippen LogP contribution in [0.15, 0.2) is 24.3 Å². The maximum atomic E-state index is 12.2. The maximum Gasteiger partial charge on any atom is 0.326 e. The first-order valence-corrected chi connectivity index (χ1v) is 9.61. The number of rotatable bonds is 9. The third kappa shape index (κ3) is 8.45. The Morgan fingerprint density at radius 1 is 1.29 bits per heavy atom. The zero-order valence-corrected chi connectivity index (χ0v) is 14.9. The van der Waals surface area contributed by atoms with E-state index in [1.165, 1.54) is 0 Å². The van der Waals surface area contributed by atoms with Crippen molar-refractivity contribution >= 4 is 31.1 Å². The molecule has 0 aromatic heterocycles. The first-order chi connectivity index (χ1) is 11.2. The van der Waals surface area contributed by atoms with Crippen molar-refractivity contribution in [3.8, 4) is 0 Å². The molecule has 24 heavy (non-hydrogen) atoms. The second-order valence-electron chi connectivity index (χ2n) is 5.22. The summed E-state index contributed by atoms with van der Waals surface area (Å²) in [4.78, 5) is 41.8. The number of nitrogens with one attached hydrogen (secondary N) is 1. The van der Waals surface area contributed by atoms with Gasteiger partial charge in [-0.25, -0.2) is 0 Å². The van der Waals surface area contributed by atoms with Crippen molar-refractivity contribution in [3.63, 3.8) is 0 Å². The summed E-state index contributed by atoms with van der Waals surface area (Å²) >= 11 is 5.79. The van der Waals surface area contributed by atoms with Gasteiger partial charge in [-0.05, 0) is 31.0 Å². The molecule has 0 saturated carbocycles. The largest absolute Gasteiger partial charge is 0.466 e. The van der Waals surface area contributed by atoms with E-state index in [4.69, 9.17) is 16.3 Å². The molecule has 1 amide bonds. The molecule has 0 fully saturated rings. The number of carbonyl (C=O) groups excluding carboxylic acids is 2. The van der Waals surface area contributed by atoms with Crippen molar-refractivity contribution in [2.24, 2.45) is 5.92 Å². The van der Waals surface area contributed by atoms with E-state index in [0.717, 1.165) is 5.56 Å². The molecule has 1 aromatic carbocycles. The van der Waals surface area contributed by atoms with Crippen molar-refractivity contribution < 1.29 is 28.7 Å². The van der Waals surface area contributed by atoms with Gasteiger partial charge < -0.3 is 19.8 Å². The summed E-state index contributed by atoms with van der Waals surface area (Å²) in [6.07, 6.45) is -0.405. The van der Waals surface area contributed by atoms with E-state index in [1.54, 1.807) is 31.2 Å². The van der Waals surface area contributed by atoms with Crippen LogP contribution in [-0.2, 0) is 25.3 Å². The fourth-order valence-corrected chi connectivity index (χ4v) is 3.09. The molecule has 0 saturated heterocycles. The Labute approximate surface area is 145 Å². The lowest BCUT2D eigenvalue weighted by Gasteiger charge is -2.17. The smallest absolute Gasteiger partial charge is 0.326 e. The second-order valence-corrected chi connectivity index (χ2v) is 7.35. The van der Waals surface area contributed by atoms with E-state index in [2.05, 4.69) is 5.32 Å². The average molecular weight is 378 g/mol. The lowest BCUT2D eigenvalue weighted by Crippen LogP contribution is -2.35. The summed E-state index contributed by atoms with van der Waals surface area (Å²) in [7, 11) is -4.36. The number of benzene rings is 1. The molecule has 3 N–H and O–H groups in total. The van der Waals surface area contributed by atoms with Crippen LogP contribution >= 0.6 is 19.2 Å². The van der Waals surface area contributed by atoms with Gasteiger partial charge in [0.25, 0.3) is 0 Å². The topological polar surface area (TPSA) is 113 Å². The number of esters is 1. The first kappa shape index (κ1) is 20.6. The molecular weight excluding hydrogens is 357 g/mol. The maximum absolute atomic E-state index is 12.2. The standard InChI is InChI=1S/C15H21ClNO6P/c1-2-23-14(18)7-8-17-15(19)12(10-24(20,21)22)9-11-3-5-13(16)6-4-11/h3-6,12H,2,7-10H2,1H3,(H,17,19)(H2,20,21,22). The summed E-state index contributed by atoms with van der Waals surface area (Å²) in [5, 5.41) is 3.05. The predicted molar refractivity (Wildman–Crippen MR) is 89.8 cm³/mol. The highest BCUT2D eigenvalue weighted by atomic mass is 35.5. The van der Waals surface area contributed by atoms with Gasteiger partial charge in [0.05, 0.1) is 25.1 Å². The zero-order chi connectivity index (χ0) is 18.2. The molecule has 7 nitrogen and oxygen atoms in total. The lowest BCUT2D eigenvalue weighted by molar-refractivity contribution is -0.143. The molecule has 0 aliphatic heterocycles. The van der Waals surface area contributed by atoms with Crippen LogP contribution in [0.2, 0.25) is 5.02 Å². The molecular formula is C15H21ClNO6P. The summed E-state index contributed by atoms with van der Waals surface area (Å²) < 4.78 is 16.0. The highest BCUT2D eigenvalue weighted by Crippen LogP contribution is 2.37. The molecule has 1 rings (SSSR count). The number of carbonyl (C=O) groups is 2. The quantitative estimate of drug-likeness (QED) is 0.446. The van der Waals surface area contributed by atoms with Gasteiger partial charge in [0.1, 0.15) is 0 Å². The van der Waals surface area contributed by atoms with Crippen LogP contribution in [0, 0.1) is 5.92 Å². The van der Waals surface area contributed by atoms with Crippen LogP contribution in [0.1, 0.15) is 18.9 Å². The van der Waals surface area contributed by atoms with E-state index >= 15 is 0 Å². The normalized spacial score (nSPS) is 12.5. The monoisotopic (exact) mass is 377 g/mol. The van der Waals surface area contributed by atoms with Gasteiger partial charge in [0.2, 0.25) is 5.91 Å². The van der Waals surface area contributed by atoms with Gasteiger partial charge in [-0.1, -0.05) is 23.7 Å². The lowest BCUT2D eigenvalue weighted by atomic mass is 10.00. The predicted octanol–water partition coefficient (Wildman–Crippen LogP) is 1.75. The van der Waals surface area contributed by atoms with Crippen molar-refractivity contribution in [2.45, 2.75) is 19.8 Å². The van der Waals surface area contributed by atoms with Crippen LogP contribution in [0.3, 0.4) is 0 Å². The molecule has 1 aromatic rings. The summed E-state index contributed by atoms with van der Waals surface area (Å²) in [6, 6.07) is 6.68. The Balaban J connectivity index is 2.67. The van der Waals surface area contributed by atoms with Crippen molar-refractivity contribution in [2.75, 3.05) is 19.3 Å². The highest BCUT2D eigenvalue weighted by Gasteiger charge is 2.27. The van der Waals surface area contributed by atoms with Crippen molar-refractivity contribution in [1.82, 2.24) is 5.32 Å². The van der Waals surface area contributed by atoms with Crippen LogP contribution < -0.4 is 5.32 Å². The van der Waals surface area contributed by atoms with E-state index in [-0.39, 0.29) is 26.0 Å². The summed E-state index contributed by atoms with van der Waals surface area (Å²) in [5.41, 5.74) is 0.735. The number of halogens is 1. The Morgan fingerprint density at radius 2 is 1.92 bits per heavy atom. The molecule has 134 valence electrons. The molecule has 1 unspecified atom stereocenters. The van der Waals surface area contributed by atoms with E-state index in [9.17, 15) is 23.9 Å². The second kappa shape index (κ2) is 9.79. The Hall–Kier alpha value is -1.40. The molecule has 1 atom stereocenters. The minimum Gasteiger partial charge on any atom is -0.466 e. The van der Waals surface area contributed by atoms with Crippen LogP contribution in [-0.4, -0.2) is 41.0 Å². The van der Waals surface area contributed by atoms with E-state index in [0.29, 0.717) is 5.02 Å². The molecule has 0 heterocycles. The molecule has 0 aliphatic rings. The molecule has 0 aliphatic carbocycles. The number of amides is 1. The van der Waals surface area contributed by atoms with Crippen LogP contribution in [0.25, 0.3) is 0 Å². The van der Waals surface area contributed by atoms with E-state index in [1.807, 2.05) is 0 Å². The summed E-state index contributed by atoms with van der Waals surface area (Å²) in [6.45, 7) is 1.98. The SMILES string of the molecule is CCOC(=O)CCNC(=O)C(Cc1ccc(Cl)cc1)CP(=O)(O)O. The zero-order valence-electron chi connectivity index (χ0n) is 13.3. The van der Waals surface area contributed by atoms with Gasteiger partial charge in [0, 0.05) is 11.6 Å². The molecule has 9 heteroatoms. The summed E-state index contributed by atoms with van der Waals surface area (Å²) in [5.74, 6) is -1.87. The molecule has 0 radical (unpaired) electrons. The fraction of sp³-hybridized carbons (Fsp3) is 0.467. The Morgan fingerprint density at radius 3 is 2.46 bits per heavy atom. The Bertz CT molecular complexity index is 600. The third-order valence-electron chi connectivity index (χ3n) is 3.16. The van der Waals surface area contributed by atoms with Gasteiger partial charge in [-0.15, -0.1) is 0 Å². The minimum absolute atomic E-state index is 0.00313. The highest BCUT2D eigenvalue weighted by molar-refractivity contribution is 7.51. The average Bonchev–Trinajstić information content (AvgIpc) is 2.47. The number of hydrogen-bond acceptors (Lipinski definition) is 4. The van der Waals surface area contributed by atoms with Crippen LogP contribution in [0.4, 0.5) is 0 Å². The van der Waals surface area contributed by atoms with Gasteiger partial charge >= 0.3 is 13.6 Å².